The van der Waals surface area contributed by atoms with Gasteiger partial charge in [-0.1, -0.05) is 53.3 Å². The highest BCUT2D eigenvalue weighted by atomic mass is 35.5. The number of Topliss-reactive ketones (excluding diaryl/α,β-unsaturated/α-hetero) is 1. The predicted molar refractivity (Wildman–Crippen MR) is 106 cm³/mol. The Morgan fingerprint density at radius 3 is 2.65 bits per heavy atom. The van der Waals surface area contributed by atoms with Crippen molar-refractivity contribution < 1.29 is 4.79 Å². The van der Waals surface area contributed by atoms with Crippen molar-refractivity contribution in [2.24, 2.45) is 0 Å². The molecule has 1 saturated heterocycles. The Hall–Kier alpha value is -2.24. The second kappa shape index (κ2) is 7.56. The summed E-state index contributed by atoms with van der Waals surface area (Å²) in [5, 5.41) is 10.8. The number of rotatable bonds is 5. The lowest BCUT2D eigenvalue weighted by Gasteiger charge is -2.25. The quantitative estimate of drug-likeness (QED) is 0.644. The summed E-state index contributed by atoms with van der Waals surface area (Å²) in [5.41, 5.74) is 2.08. The first-order valence-electron chi connectivity index (χ1n) is 8.63. The maximum Gasteiger partial charge on any atom is 0.162 e. The number of aromatic nitrogens is 2. The van der Waals surface area contributed by atoms with Gasteiger partial charge in [-0.2, -0.15) is 0 Å². The Labute approximate surface area is 161 Å². The van der Waals surface area contributed by atoms with Crippen molar-refractivity contribution in [2.45, 2.75) is 25.3 Å². The number of carbonyl (C=O) groups is 1. The van der Waals surface area contributed by atoms with Crippen LogP contribution >= 0.6 is 22.9 Å². The molecule has 6 heteroatoms. The third-order valence-electron chi connectivity index (χ3n) is 4.60. The molecule has 132 valence electrons. The van der Waals surface area contributed by atoms with Crippen LogP contribution in [0.3, 0.4) is 0 Å². The molecule has 0 amide bonds. The van der Waals surface area contributed by atoms with Gasteiger partial charge in [0.1, 0.15) is 10.0 Å². The molecule has 1 aromatic heterocycles. The highest BCUT2D eigenvalue weighted by molar-refractivity contribution is 7.14. The van der Waals surface area contributed by atoms with Crippen LogP contribution in [0.5, 0.6) is 0 Å². The monoisotopic (exact) mass is 383 g/mol. The van der Waals surface area contributed by atoms with Gasteiger partial charge in [0.05, 0.1) is 12.5 Å². The van der Waals surface area contributed by atoms with E-state index in [1.54, 1.807) is 0 Å². The van der Waals surface area contributed by atoms with E-state index in [-0.39, 0.29) is 11.8 Å². The first-order chi connectivity index (χ1) is 12.7. The summed E-state index contributed by atoms with van der Waals surface area (Å²) in [5.74, 6) is 0.202. The lowest BCUT2D eigenvalue weighted by molar-refractivity contribution is -0.119. The Bertz CT molecular complexity index is 895. The van der Waals surface area contributed by atoms with Gasteiger partial charge >= 0.3 is 0 Å². The first kappa shape index (κ1) is 17.2. The van der Waals surface area contributed by atoms with Crippen LogP contribution in [0, 0.1) is 0 Å². The van der Waals surface area contributed by atoms with Gasteiger partial charge in [0, 0.05) is 22.8 Å². The number of ketones is 1. The minimum atomic E-state index is -0.0970. The molecule has 1 fully saturated rings. The van der Waals surface area contributed by atoms with E-state index < -0.39 is 0 Å². The highest BCUT2D eigenvalue weighted by Crippen LogP contribution is 2.29. The van der Waals surface area contributed by atoms with Crippen LogP contribution in [0.4, 0.5) is 5.69 Å². The van der Waals surface area contributed by atoms with Crippen LogP contribution in [0.15, 0.2) is 54.6 Å². The minimum absolute atomic E-state index is 0.0970. The minimum Gasteiger partial charge on any atom is -0.361 e. The van der Waals surface area contributed by atoms with E-state index in [2.05, 4.69) is 15.1 Å². The highest BCUT2D eigenvalue weighted by Gasteiger charge is 2.31. The topological polar surface area (TPSA) is 46.1 Å². The normalized spacial score (nSPS) is 16.8. The van der Waals surface area contributed by atoms with E-state index in [1.165, 1.54) is 11.3 Å². The van der Waals surface area contributed by atoms with Gasteiger partial charge in [-0.15, -0.1) is 10.2 Å². The lowest BCUT2D eigenvalue weighted by atomic mass is 10.1. The van der Waals surface area contributed by atoms with Crippen molar-refractivity contribution in [3.05, 3.63) is 64.6 Å². The van der Waals surface area contributed by atoms with Crippen molar-refractivity contribution in [2.75, 3.05) is 11.4 Å². The third kappa shape index (κ3) is 3.64. The van der Waals surface area contributed by atoms with Gasteiger partial charge < -0.3 is 4.90 Å². The zero-order valence-electron chi connectivity index (χ0n) is 14.1. The van der Waals surface area contributed by atoms with Crippen molar-refractivity contribution in [1.82, 2.24) is 10.2 Å². The van der Waals surface area contributed by atoms with Gasteiger partial charge in [0.25, 0.3) is 0 Å². The van der Waals surface area contributed by atoms with Gasteiger partial charge in [0.2, 0.25) is 0 Å². The molecule has 0 unspecified atom stereocenters. The molecule has 26 heavy (non-hydrogen) atoms. The van der Waals surface area contributed by atoms with E-state index in [4.69, 9.17) is 11.6 Å². The third-order valence-corrected chi connectivity index (χ3v) is 5.82. The molecular weight excluding hydrogens is 366 g/mol. The van der Waals surface area contributed by atoms with E-state index >= 15 is 0 Å². The number of carbonyl (C=O) groups excluding carboxylic acids is 1. The molecule has 1 aliphatic rings. The van der Waals surface area contributed by atoms with Crippen molar-refractivity contribution in [3.63, 3.8) is 0 Å². The van der Waals surface area contributed by atoms with Crippen molar-refractivity contribution >= 4 is 34.4 Å². The Morgan fingerprint density at radius 1 is 1.12 bits per heavy atom. The average Bonchev–Trinajstić information content (AvgIpc) is 3.33. The van der Waals surface area contributed by atoms with Crippen LogP contribution < -0.4 is 4.90 Å². The summed E-state index contributed by atoms with van der Waals surface area (Å²) in [4.78, 5) is 15.1. The predicted octanol–water partition coefficient (Wildman–Crippen LogP) is 4.64. The van der Waals surface area contributed by atoms with Crippen LogP contribution in [0.1, 0.15) is 17.8 Å². The summed E-state index contributed by atoms with van der Waals surface area (Å²) >= 11 is 7.47. The molecule has 0 bridgehead atoms. The second-order valence-electron chi connectivity index (χ2n) is 6.34. The molecule has 1 aliphatic heterocycles. The van der Waals surface area contributed by atoms with Crippen LogP contribution in [0.25, 0.3) is 10.6 Å². The number of benzene rings is 2. The maximum absolute atomic E-state index is 12.9. The Kier molecular flexibility index (Phi) is 5.00. The van der Waals surface area contributed by atoms with Crippen molar-refractivity contribution in [1.29, 1.82) is 0 Å². The molecule has 1 atom stereocenters. The van der Waals surface area contributed by atoms with Crippen LogP contribution in [-0.4, -0.2) is 28.6 Å². The van der Waals surface area contributed by atoms with Gasteiger partial charge in [0.15, 0.2) is 5.78 Å². The van der Waals surface area contributed by atoms with E-state index in [9.17, 15) is 4.79 Å². The van der Waals surface area contributed by atoms with Crippen LogP contribution in [0.2, 0.25) is 5.02 Å². The molecular formula is C20H18ClN3OS. The standard InChI is InChI=1S/C20H18ClN3OS/c21-15-8-10-16(11-9-15)24-12-4-7-17(24)18(25)13-19-22-23-20(26-19)14-5-2-1-3-6-14/h1-3,5-6,8-11,17H,4,7,12-13H2/t17-/m0/s1. The van der Waals surface area contributed by atoms with E-state index in [1.807, 2.05) is 54.6 Å². The summed E-state index contributed by atoms with van der Waals surface area (Å²) < 4.78 is 0. The van der Waals surface area contributed by atoms with Gasteiger partial charge in [-0.3, -0.25) is 4.79 Å². The van der Waals surface area contributed by atoms with Crippen molar-refractivity contribution in [3.8, 4) is 10.6 Å². The molecule has 0 saturated carbocycles. The maximum atomic E-state index is 12.9. The van der Waals surface area contributed by atoms with Gasteiger partial charge in [-0.05, 0) is 37.1 Å². The fraction of sp³-hybridized carbons (Fsp3) is 0.250. The molecule has 4 nitrogen and oxygen atoms in total. The molecule has 0 radical (unpaired) electrons. The summed E-state index contributed by atoms with van der Waals surface area (Å²) in [6, 6.07) is 17.5. The van der Waals surface area contributed by atoms with Gasteiger partial charge in [-0.25, -0.2) is 0 Å². The van der Waals surface area contributed by atoms with E-state index in [0.29, 0.717) is 11.4 Å². The summed E-state index contributed by atoms with van der Waals surface area (Å²) in [7, 11) is 0. The number of hydrogen-bond donors (Lipinski definition) is 0. The largest absolute Gasteiger partial charge is 0.361 e. The SMILES string of the molecule is O=C(Cc1nnc(-c2ccccc2)s1)[C@@H]1CCCN1c1ccc(Cl)cc1. The number of nitrogens with zero attached hydrogens (tertiary/aromatic N) is 3. The lowest BCUT2D eigenvalue weighted by Crippen LogP contribution is -2.37. The molecule has 4 rings (SSSR count). The van der Waals surface area contributed by atoms with E-state index in [0.717, 1.165) is 40.7 Å². The first-order valence-corrected chi connectivity index (χ1v) is 9.83. The number of halogens is 1. The molecule has 3 aromatic rings. The molecule has 2 aromatic carbocycles. The summed E-state index contributed by atoms with van der Waals surface area (Å²) in [6.07, 6.45) is 2.23. The molecule has 2 heterocycles. The zero-order valence-corrected chi connectivity index (χ0v) is 15.7. The smallest absolute Gasteiger partial charge is 0.162 e. The molecule has 0 aliphatic carbocycles. The second-order valence-corrected chi connectivity index (χ2v) is 7.84. The number of anilines is 1. The Balaban J connectivity index is 1.47. The molecule has 0 spiro atoms. The summed E-state index contributed by atoms with van der Waals surface area (Å²) in [6.45, 7) is 0.892. The molecule has 0 N–H and O–H groups in total. The fourth-order valence-electron chi connectivity index (χ4n) is 3.33. The van der Waals surface area contributed by atoms with Crippen LogP contribution in [-0.2, 0) is 11.2 Å². The Morgan fingerprint density at radius 2 is 1.88 bits per heavy atom. The average molecular weight is 384 g/mol. The fourth-order valence-corrected chi connectivity index (χ4v) is 4.31. The number of hydrogen-bond acceptors (Lipinski definition) is 5. The zero-order chi connectivity index (χ0) is 17.9.